The summed E-state index contributed by atoms with van der Waals surface area (Å²) in [7, 11) is 0. The summed E-state index contributed by atoms with van der Waals surface area (Å²) in [5.74, 6) is 2.65. The second kappa shape index (κ2) is 5.84. The van der Waals surface area contributed by atoms with Crippen LogP contribution in [-0.4, -0.2) is 29.6 Å². The molecule has 0 radical (unpaired) electrons. The summed E-state index contributed by atoms with van der Waals surface area (Å²) in [4.78, 5) is 11.1. The van der Waals surface area contributed by atoms with Crippen LogP contribution in [0.5, 0.6) is 0 Å². The van der Waals surface area contributed by atoms with Gasteiger partial charge in [-0.3, -0.25) is 0 Å². The summed E-state index contributed by atoms with van der Waals surface area (Å²) in [5.41, 5.74) is 0. The number of nitrogens with zero attached hydrogens (tertiary/aromatic N) is 3. The van der Waals surface area contributed by atoms with E-state index < -0.39 is 0 Å². The molecule has 94 valence electrons. The molecule has 0 aliphatic heterocycles. The van der Waals surface area contributed by atoms with Crippen molar-refractivity contribution in [1.29, 1.82) is 0 Å². The standard InChI is InChI=1S/C13H22N4/c1-3-14-13-15-9-8-12(16-13)17(4-2)10-11-6-5-7-11/h8-9,11H,3-7,10H2,1-2H3,(H,14,15,16). The fourth-order valence-corrected chi connectivity index (χ4v) is 2.14. The zero-order chi connectivity index (χ0) is 12.1. The first-order valence-corrected chi connectivity index (χ1v) is 6.65. The summed E-state index contributed by atoms with van der Waals surface area (Å²) < 4.78 is 0. The highest BCUT2D eigenvalue weighted by atomic mass is 15.2. The van der Waals surface area contributed by atoms with Crippen molar-refractivity contribution in [2.45, 2.75) is 33.1 Å². The number of hydrogen-bond donors (Lipinski definition) is 1. The molecule has 2 rings (SSSR count). The largest absolute Gasteiger partial charge is 0.356 e. The number of nitrogens with one attached hydrogen (secondary N) is 1. The third-order valence-corrected chi connectivity index (χ3v) is 3.38. The van der Waals surface area contributed by atoms with Crippen LogP contribution in [-0.2, 0) is 0 Å². The smallest absolute Gasteiger partial charge is 0.224 e. The molecule has 1 aliphatic rings. The van der Waals surface area contributed by atoms with Gasteiger partial charge in [-0.1, -0.05) is 6.42 Å². The van der Waals surface area contributed by atoms with E-state index in [2.05, 4.69) is 34.0 Å². The maximum atomic E-state index is 4.55. The van der Waals surface area contributed by atoms with Gasteiger partial charge in [0.15, 0.2) is 0 Å². The summed E-state index contributed by atoms with van der Waals surface area (Å²) >= 11 is 0. The van der Waals surface area contributed by atoms with Gasteiger partial charge in [-0.2, -0.15) is 4.98 Å². The molecular weight excluding hydrogens is 212 g/mol. The molecule has 1 aromatic rings. The first-order valence-electron chi connectivity index (χ1n) is 6.65. The molecule has 1 aromatic heterocycles. The van der Waals surface area contributed by atoms with Gasteiger partial charge in [0.1, 0.15) is 5.82 Å². The first-order chi connectivity index (χ1) is 8.33. The van der Waals surface area contributed by atoms with E-state index in [1.54, 1.807) is 0 Å². The van der Waals surface area contributed by atoms with E-state index in [1.807, 2.05) is 12.3 Å². The summed E-state index contributed by atoms with van der Waals surface area (Å²) in [6.07, 6.45) is 5.99. The Kier molecular flexibility index (Phi) is 4.18. The lowest BCUT2D eigenvalue weighted by Crippen LogP contribution is -2.33. The Morgan fingerprint density at radius 2 is 2.24 bits per heavy atom. The van der Waals surface area contributed by atoms with Crippen LogP contribution in [0.15, 0.2) is 12.3 Å². The quantitative estimate of drug-likeness (QED) is 0.821. The van der Waals surface area contributed by atoms with Crippen molar-refractivity contribution in [3.05, 3.63) is 12.3 Å². The lowest BCUT2D eigenvalue weighted by molar-refractivity contribution is 0.318. The van der Waals surface area contributed by atoms with Crippen LogP contribution in [0.4, 0.5) is 11.8 Å². The van der Waals surface area contributed by atoms with E-state index in [-0.39, 0.29) is 0 Å². The second-order valence-corrected chi connectivity index (χ2v) is 4.60. The zero-order valence-electron chi connectivity index (χ0n) is 10.8. The van der Waals surface area contributed by atoms with E-state index in [1.165, 1.54) is 19.3 Å². The van der Waals surface area contributed by atoms with Crippen LogP contribution in [0.1, 0.15) is 33.1 Å². The lowest BCUT2D eigenvalue weighted by Gasteiger charge is -2.32. The maximum absolute atomic E-state index is 4.55. The Balaban J connectivity index is 2.03. The van der Waals surface area contributed by atoms with Gasteiger partial charge in [-0.25, -0.2) is 4.98 Å². The van der Waals surface area contributed by atoms with Crippen molar-refractivity contribution in [3.8, 4) is 0 Å². The molecule has 0 amide bonds. The summed E-state index contributed by atoms with van der Waals surface area (Å²) in [5, 5.41) is 3.16. The van der Waals surface area contributed by atoms with Crippen molar-refractivity contribution in [2.24, 2.45) is 5.92 Å². The summed E-state index contributed by atoms with van der Waals surface area (Å²) in [6, 6.07) is 2.00. The number of rotatable bonds is 6. The molecule has 0 unspecified atom stereocenters. The van der Waals surface area contributed by atoms with Gasteiger partial charge >= 0.3 is 0 Å². The highest BCUT2D eigenvalue weighted by molar-refractivity contribution is 5.42. The van der Waals surface area contributed by atoms with Gasteiger partial charge in [0.25, 0.3) is 0 Å². The maximum Gasteiger partial charge on any atom is 0.224 e. The van der Waals surface area contributed by atoms with Gasteiger partial charge in [0.05, 0.1) is 0 Å². The molecular formula is C13H22N4. The van der Waals surface area contributed by atoms with Crippen LogP contribution in [0.3, 0.4) is 0 Å². The molecule has 0 aromatic carbocycles. The van der Waals surface area contributed by atoms with Crippen molar-refractivity contribution >= 4 is 11.8 Å². The molecule has 1 fully saturated rings. The van der Waals surface area contributed by atoms with Crippen molar-refractivity contribution < 1.29 is 0 Å². The topological polar surface area (TPSA) is 41.1 Å². The minimum atomic E-state index is 0.733. The third kappa shape index (κ3) is 3.08. The van der Waals surface area contributed by atoms with Gasteiger partial charge in [0.2, 0.25) is 5.95 Å². The highest BCUT2D eigenvalue weighted by Gasteiger charge is 2.20. The van der Waals surface area contributed by atoms with Gasteiger partial charge in [0, 0.05) is 25.8 Å². The monoisotopic (exact) mass is 234 g/mol. The minimum absolute atomic E-state index is 0.733. The molecule has 0 atom stereocenters. The fourth-order valence-electron chi connectivity index (χ4n) is 2.14. The molecule has 0 spiro atoms. The SMILES string of the molecule is CCNc1nccc(N(CC)CC2CCC2)n1. The number of hydrogen-bond acceptors (Lipinski definition) is 4. The predicted molar refractivity (Wildman–Crippen MR) is 71.4 cm³/mol. The molecule has 17 heavy (non-hydrogen) atoms. The van der Waals surface area contributed by atoms with Crippen LogP contribution in [0.2, 0.25) is 0 Å². The van der Waals surface area contributed by atoms with Crippen LogP contribution in [0, 0.1) is 5.92 Å². The lowest BCUT2D eigenvalue weighted by atomic mass is 9.85. The average molecular weight is 234 g/mol. The van der Waals surface area contributed by atoms with Crippen LogP contribution in [0.25, 0.3) is 0 Å². The molecule has 4 nitrogen and oxygen atoms in total. The molecule has 1 aliphatic carbocycles. The predicted octanol–water partition coefficient (Wildman–Crippen LogP) is 2.53. The zero-order valence-corrected chi connectivity index (χ0v) is 10.8. The Hall–Kier alpha value is -1.32. The third-order valence-electron chi connectivity index (χ3n) is 3.38. The van der Waals surface area contributed by atoms with Gasteiger partial charge in [-0.05, 0) is 38.7 Å². The Labute approximate surface area is 103 Å². The molecule has 1 saturated carbocycles. The van der Waals surface area contributed by atoms with Gasteiger partial charge < -0.3 is 10.2 Å². The molecule has 4 heteroatoms. The molecule has 1 N–H and O–H groups in total. The van der Waals surface area contributed by atoms with E-state index in [0.717, 1.165) is 37.3 Å². The average Bonchev–Trinajstić information content (AvgIpc) is 2.29. The normalized spacial score (nSPS) is 15.4. The van der Waals surface area contributed by atoms with E-state index >= 15 is 0 Å². The van der Waals surface area contributed by atoms with Crippen molar-refractivity contribution in [1.82, 2.24) is 9.97 Å². The Morgan fingerprint density at radius 3 is 2.82 bits per heavy atom. The summed E-state index contributed by atoms with van der Waals surface area (Å²) in [6.45, 7) is 7.26. The second-order valence-electron chi connectivity index (χ2n) is 4.60. The van der Waals surface area contributed by atoms with E-state index in [9.17, 15) is 0 Å². The van der Waals surface area contributed by atoms with Crippen molar-refractivity contribution in [3.63, 3.8) is 0 Å². The Morgan fingerprint density at radius 1 is 1.41 bits per heavy atom. The number of aromatic nitrogens is 2. The van der Waals surface area contributed by atoms with Crippen LogP contribution >= 0.6 is 0 Å². The highest BCUT2D eigenvalue weighted by Crippen LogP contribution is 2.28. The molecule has 0 saturated heterocycles. The molecule has 1 heterocycles. The molecule has 0 bridgehead atoms. The van der Waals surface area contributed by atoms with Crippen molar-refractivity contribution in [2.75, 3.05) is 29.9 Å². The first kappa shape index (κ1) is 12.1. The number of anilines is 2. The Bertz CT molecular complexity index is 349. The fraction of sp³-hybridized carbons (Fsp3) is 0.692. The van der Waals surface area contributed by atoms with E-state index in [0.29, 0.717) is 0 Å². The van der Waals surface area contributed by atoms with E-state index in [4.69, 9.17) is 0 Å². The minimum Gasteiger partial charge on any atom is -0.356 e. The van der Waals surface area contributed by atoms with Crippen LogP contribution < -0.4 is 10.2 Å². The van der Waals surface area contributed by atoms with Gasteiger partial charge in [-0.15, -0.1) is 0 Å².